The number of nitriles is 1. The number of nitrogens with one attached hydrogen (secondary N) is 1. The molecule has 1 N–H and O–H groups in total. The zero-order valence-electron chi connectivity index (χ0n) is 18.8. The van der Waals surface area contributed by atoms with Crippen molar-refractivity contribution >= 4 is 75.4 Å². The van der Waals surface area contributed by atoms with Gasteiger partial charge < -0.3 is 5.32 Å². The van der Waals surface area contributed by atoms with Gasteiger partial charge in [-0.2, -0.15) is 18.4 Å². The molecule has 12 heteroatoms. The van der Waals surface area contributed by atoms with Gasteiger partial charge in [0.05, 0.1) is 28.1 Å². The van der Waals surface area contributed by atoms with Crippen LogP contribution in [0, 0.1) is 17.2 Å². The van der Waals surface area contributed by atoms with Crippen LogP contribution in [0.5, 0.6) is 0 Å². The molecule has 3 aromatic rings. The third-order valence-corrected chi connectivity index (χ3v) is 7.70. The highest BCUT2D eigenvalue weighted by Crippen LogP contribution is 2.65. The molecule has 1 amide bonds. The molecular formula is C26H14Cl5F3N2O2. The van der Waals surface area contributed by atoms with Crippen LogP contribution < -0.4 is 5.32 Å². The molecule has 2 atom stereocenters. The highest BCUT2D eigenvalue weighted by atomic mass is 35.5. The Morgan fingerprint density at radius 2 is 1.63 bits per heavy atom. The Morgan fingerprint density at radius 1 is 0.974 bits per heavy atom. The number of Topliss-reactive ketones (excluding diaryl/α,β-unsaturated/α-hetero) is 1. The summed E-state index contributed by atoms with van der Waals surface area (Å²) in [5, 5.41) is 12.4. The standard InChI is InChI=1S/C26H14Cl5F3N2O2/c27-15-7-14(8-16(28)9-15)22-23(25(22,30)31)24(38)36-17-3-4-20(29)18(10-17)21(37)6-12-1-2-13(11-35)19(5-12)26(32,33)34/h1-5,7-10,22-23H,6H2,(H,36,38). The minimum absolute atomic E-state index is 0.0145. The van der Waals surface area contributed by atoms with Crippen LogP contribution in [0.1, 0.15) is 38.5 Å². The van der Waals surface area contributed by atoms with E-state index in [4.69, 9.17) is 63.3 Å². The van der Waals surface area contributed by atoms with E-state index in [0.717, 1.165) is 12.1 Å². The van der Waals surface area contributed by atoms with Gasteiger partial charge in [-0.3, -0.25) is 9.59 Å². The van der Waals surface area contributed by atoms with Gasteiger partial charge in [0.15, 0.2) is 5.78 Å². The van der Waals surface area contributed by atoms with Crippen LogP contribution in [0.25, 0.3) is 0 Å². The summed E-state index contributed by atoms with van der Waals surface area (Å²) in [5.41, 5.74) is -0.869. The first-order chi connectivity index (χ1) is 17.7. The van der Waals surface area contributed by atoms with Gasteiger partial charge in [-0.15, -0.1) is 23.2 Å². The molecule has 1 aliphatic rings. The van der Waals surface area contributed by atoms with Crippen LogP contribution in [0.15, 0.2) is 54.6 Å². The number of benzene rings is 3. The lowest BCUT2D eigenvalue weighted by Crippen LogP contribution is -2.17. The second-order valence-corrected chi connectivity index (χ2v) is 11.3. The van der Waals surface area contributed by atoms with Crippen LogP contribution in [-0.2, 0) is 17.4 Å². The quantitative estimate of drug-likeness (QED) is 0.222. The molecule has 0 saturated heterocycles. The minimum Gasteiger partial charge on any atom is -0.326 e. The van der Waals surface area contributed by atoms with E-state index in [1.807, 2.05) is 0 Å². The molecule has 4 nitrogen and oxygen atoms in total. The highest BCUT2D eigenvalue weighted by molar-refractivity contribution is 6.53. The summed E-state index contributed by atoms with van der Waals surface area (Å²) in [6, 6.07) is 13.4. The van der Waals surface area contributed by atoms with Crippen molar-refractivity contribution in [1.29, 1.82) is 5.26 Å². The predicted octanol–water partition coefficient (Wildman–Crippen LogP) is 8.49. The van der Waals surface area contributed by atoms with Gasteiger partial charge in [0, 0.05) is 33.6 Å². The number of amides is 1. The Balaban J connectivity index is 1.53. The molecular weight excluding hydrogens is 607 g/mol. The number of carbonyl (C=O) groups excluding carboxylic acids is 2. The van der Waals surface area contributed by atoms with Gasteiger partial charge >= 0.3 is 6.18 Å². The monoisotopic (exact) mass is 618 g/mol. The van der Waals surface area contributed by atoms with Crippen LogP contribution >= 0.6 is 58.0 Å². The maximum atomic E-state index is 13.3. The van der Waals surface area contributed by atoms with Gasteiger partial charge in [-0.05, 0) is 59.7 Å². The van der Waals surface area contributed by atoms with Crippen molar-refractivity contribution in [3.05, 3.63) is 97.5 Å². The molecule has 0 radical (unpaired) electrons. The first kappa shape index (κ1) is 28.5. The third kappa shape index (κ3) is 5.90. The lowest BCUT2D eigenvalue weighted by Gasteiger charge is -2.12. The number of anilines is 1. The summed E-state index contributed by atoms with van der Waals surface area (Å²) < 4.78 is 38.4. The smallest absolute Gasteiger partial charge is 0.326 e. The lowest BCUT2D eigenvalue weighted by molar-refractivity contribution is -0.137. The van der Waals surface area contributed by atoms with Crippen molar-refractivity contribution in [2.24, 2.45) is 5.92 Å². The zero-order chi connectivity index (χ0) is 28.0. The number of nitrogens with zero attached hydrogens (tertiary/aromatic N) is 1. The second kappa shape index (κ2) is 10.6. The number of hydrogen-bond acceptors (Lipinski definition) is 3. The van der Waals surface area contributed by atoms with Crippen molar-refractivity contribution in [3.63, 3.8) is 0 Å². The number of rotatable bonds is 6. The van der Waals surface area contributed by atoms with Crippen molar-refractivity contribution in [1.82, 2.24) is 0 Å². The molecule has 1 saturated carbocycles. The van der Waals surface area contributed by atoms with Crippen LogP contribution in [0.4, 0.5) is 18.9 Å². The zero-order valence-corrected chi connectivity index (χ0v) is 22.6. The predicted molar refractivity (Wildman–Crippen MR) is 141 cm³/mol. The number of halogens is 8. The Kier molecular flexibility index (Phi) is 7.96. The number of carbonyl (C=O) groups is 2. The molecule has 0 aliphatic heterocycles. The SMILES string of the molecule is N#Cc1ccc(CC(=O)c2cc(NC(=O)C3C(c4cc(Cl)cc(Cl)c4)C3(Cl)Cl)ccc2Cl)cc1C(F)(F)F. The highest BCUT2D eigenvalue weighted by Gasteiger charge is 2.67. The maximum absolute atomic E-state index is 13.3. The number of hydrogen-bond donors (Lipinski definition) is 1. The molecule has 1 aliphatic carbocycles. The number of ketones is 1. The van der Waals surface area contributed by atoms with E-state index < -0.39 is 51.6 Å². The van der Waals surface area contributed by atoms with E-state index in [-0.39, 0.29) is 21.8 Å². The normalized spacial score (nSPS) is 18.0. The van der Waals surface area contributed by atoms with E-state index in [0.29, 0.717) is 15.6 Å². The van der Waals surface area contributed by atoms with Crippen LogP contribution in [-0.4, -0.2) is 16.0 Å². The number of alkyl halides is 5. The first-order valence-electron chi connectivity index (χ1n) is 10.8. The van der Waals surface area contributed by atoms with E-state index >= 15 is 0 Å². The average molecular weight is 621 g/mol. The largest absolute Gasteiger partial charge is 0.417 e. The van der Waals surface area contributed by atoms with Crippen molar-refractivity contribution in [2.75, 3.05) is 5.32 Å². The fraction of sp³-hybridized carbons (Fsp3) is 0.192. The summed E-state index contributed by atoms with van der Waals surface area (Å²) in [6.07, 6.45) is -5.18. The molecule has 4 rings (SSSR count). The van der Waals surface area contributed by atoms with Gasteiger partial charge in [0.2, 0.25) is 5.91 Å². The fourth-order valence-corrected chi connectivity index (χ4v) is 5.77. The third-order valence-electron chi connectivity index (χ3n) is 5.99. The molecule has 196 valence electrons. The molecule has 0 heterocycles. The van der Waals surface area contributed by atoms with E-state index in [1.54, 1.807) is 12.1 Å². The van der Waals surface area contributed by atoms with Crippen molar-refractivity contribution in [2.45, 2.75) is 22.8 Å². The van der Waals surface area contributed by atoms with E-state index in [1.165, 1.54) is 36.4 Å². The van der Waals surface area contributed by atoms with Crippen molar-refractivity contribution in [3.8, 4) is 6.07 Å². The van der Waals surface area contributed by atoms with Gasteiger partial charge in [0.25, 0.3) is 0 Å². The molecule has 2 unspecified atom stereocenters. The summed E-state index contributed by atoms with van der Waals surface area (Å²) in [5.74, 6) is -2.56. The molecule has 0 aromatic heterocycles. The average Bonchev–Trinajstić information content (AvgIpc) is 3.41. The second-order valence-electron chi connectivity index (χ2n) is 8.61. The van der Waals surface area contributed by atoms with E-state index in [2.05, 4.69) is 5.32 Å². The molecule has 0 spiro atoms. The molecule has 3 aromatic carbocycles. The summed E-state index contributed by atoms with van der Waals surface area (Å²) >= 11 is 31.0. The summed E-state index contributed by atoms with van der Waals surface area (Å²) in [7, 11) is 0. The minimum atomic E-state index is -4.76. The van der Waals surface area contributed by atoms with Gasteiger partial charge in [0.1, 0.15) is 4.33 Å². The Bertz CT molecular complexity index is 1480. The maximum Gasteiger partial charge on any atom is 0.417 e. The van der Waals surface area contributed by atoms with Gasteiger partial charge in [-0.1, -0.05) is 40.9 Å². The Hall–Kier alpha value is -2.47. The van der Waals surface area contributed by atoms with Crippen molar-refractivity contribution < 1.29 is 22.8 Å². The summed E-state index contributed by atoms with van der Waals surface area (Å²) in [4.78, 5) is 25.9. The van der Waals surface area contributed by atoms with E-state index in [9.17, 15) is 22.8 Å². The first-order valence-corrected chi connectivity index (χ1v) is 12.7. The van der Waals surface area contributed by atoms with Gasteiger partial charge in [-0.25, -0.2) is 0 Å². The molecule has 38 heavy (non-hydrogen) atoms. The van der Waals surface area contributed by atoms with Crippen LogP contribution in [0.2, 0.25) is 15.1 Å². The Labute approximate surface area is 240 Å². The Morgan fingerprint density at radius 3 is 2.24 bits per heavy atom. The topological polar surface area (TPSA) is 70.0 Å². The molecule has 0 bridgehead atoms. The molecule has 1 fully saturated rings. The fourth-order valence-electron chi connectivity index (χ4n) is 4.17. The summed E-state index contributed by atoms with van der Waals surface area (Å²) in [6.45, 7) is 0. The van der Waals surface area contributed by atoms with Crippen LogP contribution in [0.3, 0.4) is 0 Å². The lowest BCUT2D eigenvalue weighted by atomic mass is 9.98.